The molecule has 2 aliphatic rings. The van der Waals surface area contributed by atoms with Crippen LogP contribution < -0.4 is 14.7 Å². The van der Waals surface area contributed by atoms with Gasteiger partial charge in [0.2, 0.25) is 5.95 Å². The van der Waals surface area contributed by atoms with Crippen LogP contribution in [0.1, 0.15) is 24.2 Å². The summed E-state index contributed by atoms with van der Waals surface area (Å²) in [4.78, 5) is 25.4. The van der Waals surface area contributed by atoms with E-state index in [1.54, 1.807) is 12.4 Å². The molecular formula is C19H27N7. The van der Waals surface area contributed by atoms with Crippen LogP contribution in [0.5, 0.6) is 0 Å². The van der Waals surface area contributed by atoms with Crippen LogP contribution in [0.15, 0.2) is 18.5 Å². The fourth-order valence-electron chi connectivity index (χ4n) is 4.28. The minimum absolute atomic E-state index is 0.432. The predicted octanol–water partition coefficient (Wildman–Crippen LogP) is 2.05. The molecule has 4 rings (SSSR count). The Bertz CT molecular complexity index is 771. The third-order valence-electron chi connectivity index (χ3n) is 5.47. The van der Waals surface area contributed by atoms with Crippen LogP contribution in [0.4, 0.5) is 17.6 Å². The van der Waals surface area contributed by atoms with E-state index in [-0.39, 0.29) is 0 Å². The highest BCUT2D eigenvalue weighted by atomic mass is 15.3. The lowest BCUT2D eigenvalue weighted by molar-refractivity contribution is 0.387. The number of fused-ring (bicyclic) bond motifs is 1. The van der Waals surface area contributed by atoms with Crippen molar-refractivity contribution in [2.45, 2.75) is 32.7 Å². The molecule has 26 heavy (non-hydrogen) atoms. The van der Waals surface area contributed by atoms with Gasteiger partial charge in [-0.25, -0.2) is 19.9 Å². The molecule has 2 aliphatic heterocycles. The molecule has 0 bridgehead atoms. The summed E-state index contributed by atoms with van der Waals surface area (Å²) in [5.74, 6) is 3.49. The molecule has 0 amide bonds. The second-order valence-corrected chi connectivity index (χ2v) is 7.59. The number of aromatic nitrogens is 4. The van der Waals surface area contributed by atoms with E-state index in [2.05, 4.69) is 19.8 Å². The number of anilines is 3. The van der Waals surface area contributed by atoms with Gasteiger partial charge in [0.1, 0.15) is 0 Å². The normalized spacial score (nSPS) is 22.5. The van der Waals surface area contributed by atoms with Crippen LogP contribution in [0.2, 0.25) is 0 Å². The van der Waals surface area contributed by atoms with E-state index in [1.165, 1.54) is 12.8 Å². The Morgan fingerprint density at radius 3 is 2.42 bits per heavy atom. The number of piperidine rings is 1. The molecule has 2 saturated heterocycles. The number of hydrogen-bond acceptors (Lipinski definition) is 7. The zero-order valence-electron chi connectivity index (χ0n) is 16.1. The van der Waals surface area contributed by atoms with Crippen LogP contribution in [0.3, 0.4) is 0 Å². The Kier molecular flexibility index (Phi) is 4.38. The monoisotopic (exact) mass is 353 g/mol. The minimum Gasteiger partial charge on any atom is -0.360 e. The lowest BCUT2D eigenvalue weighted by Gasteiger charge is -2.39. The van der Waals surface area contributed by atoms with Crippen LogP contribution >= 0.6 is 0 Å². The van der Waals surface area contributed by atoms with Crippen molar-refractivity contribution in [3.05, 3.63) is 29.8 Å². The van der Waals surface area contributed by atoms with Gasteiger partial charge >= 0.3 is 0 Å². The molecule has 2 aromatic rings. The summed E-state index contributed by atoms with van der Waals surface area (Å²) in [6, 6.07) is 2.47. The Labute approximate surface area is 155 Å². The quantitative estimate of drug-likeness (QED) is 0.837. The first-order valence-electron chi connectivity index (χ1n) is 9.35. The molecule has 2 fully saturated rings. The van der Waals surface area contributed by atoms with Crippen molar-refractivity contribution in [3.8, 4) is 0 Å². The van der Waals surface area contributed by atoms with Gasteiger partial charge in [-0.15, -0.1) is 0 Å². The maximum Gasteiger partial charge on any atom is 0.226 e. The summed E-state index contributed by atoms with van der Waals surface area (Å²) in [5.41, 5.74) is 2.07. The molecule has 0 aromatic carbocycles. The van der Waals surface area contributed by atoms with E-state index in [1.807, 2.05) is 38.9 Å². The molecule has 7 heteroatoms. The zero-order chi connectivity index (χ0) is 18.3. The highest BCUT2D eigenvalue weighted by molar-refractivity contribution is 5.62. The van der Waals surface area contributed by atoms with Crippen molar-refractivity contribution in [2.75, 3.05) is 48.4 Å². The van der Waals surface area contributed by atoms with E-state index in [4.69, 9.17) is 9.97 Å². The highest BCUT2D eigenvalue weighted by Gasteiger charge is 2.40. The number of hydrogen-bond donors (Lipinski definition) is 0. The van der Waals surface area contributed by atoms with Gasteiger partial charge in [-0.1, -0.05) is 0 Å². The molecule has 0 saturated carbocycles. The molecule has 0 aliphatic carbocycles. The molecule has 4 heterocycles. The second-order valence-electron chi connectivity index (χ2n) is 7.59. The van der Waals surface area contributed by atoms with E-state index in [0.717, 1.165) is 48.6 Å². The number of rotatable bonds is 3. The van der Waals surface area contributed by atoms with E-state index >= 15 is 0 Å². The number of nitrogens with zero attached hydrogens (tertiary/aromatic N) is 7. The summed E-state index contributed by atoms with van der Waals surface area (Å²) >= 11 is 0. The first-order valence-corrected chi connectivity index (χ1v) is 9.35. The largest absolute Gasteiger partial charge is 0.360 e. The first-order chi connectivity index (χ1) is 12.5. The molecule has 0 N–H and O–H groups in total. The average molecular weight is 353 g/mol. The summed E-state index contributed by atoms with van der Waals surface area (Å²) in [5, 5.41) is 0. The zero-order valence-corrected chi connectivity index (χ0v) is 16.1. The van der Waals surface area contributed by atoms with Crippen molar-refractivity contribution in [2.24, 2.45) is 5.92 Å². The Hall–Kier alpha value is -2.44. The molecule has 138 valence electrons. The van der Waals surface area contributed by atoms with Crippen LogP contribution in [-0.2, 0) is 0 Å². The maximum absolute atomic E-state index is 4.71. The van der Waals surface area contributed by atoms with Gasteiger partial charge in [0.05, 0.1) is 6.04 Å². The molecule has 0 radical (unpaired) electrons. The summed E-state index contributed by atoms with van der Waals surface area (Å²) in [7, 11) is 4.04. The smallest absolute Gasteiger partial charge is 0.226 e. The van der Waals surface area contributed by atoms with Gasteiger partial charge in [-0.3, -0.25) is 0 Å². The molecule has 7 nitrogen and oxygen atoms in total. The molecule has 2 aromatic heterocycles. The molecule has 2 unspecified atom stereocenters. The Balaban J connectivity index is 1.61. The topological polar surface area (TPSA) is 61.3 Å². The minimum atomic E-state index is 0.432. The van der Waals surface area contributed by atoms with Crippen LogP contribution in [-0.4, -0.2) is 59.7 Å². The SMILES string of the molecule is Cc1cc(C)nc(N2CCC3CCN(c4nccnc4N(C)C)CC32)n1. The van der Waals surface area contributed by atoms with Crippen molar-refractivity contribution in [1.82, 2.24) is 19.9 Å². The van der Waals surface area contributed by atoms with E-state index < -0.39 is 0 Å². The third kappa shape index (κ3) is 3.06. The standard InChI is InChI=1S/C19H27N7/c1-13-11-14(2)23-19(22-13)26-10-6-15-5-9-25(12-16(15)26)18-17(24(3)4)20-7-8-21-18/h7-8,11,15-16H,5-6,9-10,12H2,1-4H3. The molecule has 2 atom stereocenters. The van der Waals surface area contributed by atoms with Crippen molar-refractivity contribution < 1.29 is 0 Å². The fraction of sp³-hybridized carbons (Fsp3) is 0.579. The second kappa shape index (κ2) is 6.70. The Morgan fingerprint density at radius 1 is 1.00 bits per heavy atom. The average Bonchev–Trinajstić information content (AvgIpc) is 3.04. The van der Waals surface area contributed by atoms with Gasteiger partial charge < -0.3 is 14.7 Å². The van der Waals surface area contributed by atoms with Gasteiger partial charge in [-0.05, 0) is 38.7 Å². The summed E-state index contributed by atoms with van der Waals surface area (Å²) < 4.78 is 0. The Morgan fingerprint density at radius 2 is 1.69 bits per heavy atom. The van der Waals surface area contributed by atoms with Crippen molar-refractivity contribution >= 4 is 17.6 Å². The summed E-state index contributed by atoms with van der Waals surface area (Å²) in [6.45, 7) is 7.10. The van der Waals surface area contributed by atoms with Crippen LogP contribution in [0, 0.1) is 19.8 Å². The van der Waals surface area contributed by atoms with Crippen molar-refractivity contribution in [1.29, 1.82) is 0 Å². The summed E-state index contributed by atoms with van der Waals surface area (Å²) in [6.07, 6.45) is 5.94. The molecule has 0 spiro atoms. The van der Waals surface area contributed by atoms with Gasteiger partial charge in [0.15, 0.2) is 11.6 Å². The van der Waals surface area contributed by atoms with Gasteiger partial charge in [0, 0.05) is 57.5 Å². The predicted molar refractivity (Wildman–Crippen MR) is 104 cm³/mol. The van der Waals surface area contributed by atoms with E-state index in [0.29, 0.717) is 12.0 Å². The first kappa shape index (κ1) is 17.0. The third-order valence-corrected chi connectivity index (χ3v) is 5.47. The van der Waals surface area contributed by atoms with Gasteiger partial charge in [-0.2, -0.15) is 0 Å². The lowest BCUT2D eigenvalue weighted by atomic mass is 9.92. The number of aryl methyl sites for hydroxylation is 2. The highest BCUT2D eigenvalue weighted by Crippen LogP contribution is 2.36. The maximum atomic E-state index is 4.71. The van der Waals surface area contributed by atoms with Gasteiger partial charge in [0.25, 0.3) is 0 Å². The fourth-order valence-corrected chi connectivity index (χ4v) is 4.28. The lowest BCUT2D eigenvalue weighted by Crippen LogP contribution is -2.49. The molecular weight excluding hydrogens is 326 g/mol. The van der Waals surface area contributed by atoms with Crippen molar-refractivity contribution in [3.63, 3.8) is 0 Å². The van der Waals surface area contributed by atoms with E-state index in [9.17, 15) is 0 Å². The van der Waals surface area contributed by atoms with Crippen LogP contribution in [0.25, 0.3) is 0 Å².